The molecule has 2 heterocycles. The summed E-state index contributed by atoms with van der Waals surface area (Å²) in [5, 5.41) is 9.26. The van der Waals surface area contributed by atoms with Crippen molar-refractivity contribution in [3.8, 4) is 0 Å². The molecule has 0 aromatic heterocycles. The molecule has 1 fully saturated rings. The molecule has 2 aliphatic rings. The normalized spacial score (nSPS) is 21.1. The van der Waals surface area contributed by atoms with Crippen molar-refractivity contribution in [3.05, 3.63) is 47.4 Å². The van der Waals surface area contributed by atoms with Crippen LogP contribution in [-0.2, 0) is 23.9 Å². The second-order valence-corrected chi connectivity index (χ2v) is 6.99. The summed E-state index contributed by atoms with van der Waals surface area (Å²) in [5.41, 5.74) is -0.0231. The van der Waals surface area contributed by atoms with Gasteiger partial charge in [0.05, 0.1) is 7.11 Å². The number of ketones is 1. The van der Waals surface area contributed by atoms with E-state index in [2.05, 4.69) is 9.73 Å². The Morgan fingerprint density at radius 2 is 1.93 bits per heavy atom. The van der Waals surface area contributed by atoms with E-state index >= 15 is 0 Å². The maximum atomic E-state index is 12.4. The highest BCUT2D eigenvalue weighted by Gasteiger charge is 2.56. The molecular weight excluding hydrogens is 388 g/mol. The van der Waals surface area contributed by atoms with Crippen LogP contribution in [-0.4, -0.2) is 63.8 Å². The van der Waals surface area contributed by atoms with Gasteiger partial charge in [0, 0.05) is 5.56 Å². The van der Waals surface area contributed by atoms with Gasteiger partial charge in [-0.15, -0.1) is 0 Å². The predicted molar refractivity (Wildman–Crippen MR) is 98.5 cm³/mol. The molecule has 0 spiro atoms. The monoisotopic (exact) mass is 404 g/mol. The molecule has 2 unspecified atom stereocenters. The van der Waals surface area contributed by atoms with Gasteiger partial charge in [0.15, 0.2) is 29.2 Å². The molecule has 146 valence electrons. The zero-order chi connectivity index (χ0) is 20.4. The first-order valence-electron chi connectivity index (χ1n) is 8.16. The average molecular weight is 404 g/mol. The number of allylic oxidation sites excluding steroid dienone is 1. The van der Waals surface area contributed by atoms with Gasteiger partial charge < -0.3 is 14.6 Å². The molecule has 0 aliphatic carbocycles. The van der Waals surface area contributed by atoms with Gasteiger partial charge in [-0.3, -0.25) is 19.5 Å². The fourth-order valence-electron chi connectivity index (χ4n) is 2.71. The first-order chi connectivity index (χ1) is 13.3. The van der Waals surface area contributed by atoms with Gasteiger partial charge in [-0.1, -0.05) is 42.1 Å². The summed E-state index contributed by atoms with van der Waals surface area (Å²) >= 11 is 0.950. The Hall–Kier alpha value is -3.14. The van der Waals surface area contributed by atoms with Crippen molar-refractivity contribution in [3.63, 3.8) is 0 Å². The van der Waals surface area contributed by atoms with Crippen LogP contribution in [0.1, 0.15) is 17.3 Å². The van der Waals surface area contributed by atoms with Gasteiger partial charge in [0.25, 0.3) is 5.91 Å². The number of aliphatic imine (C=N–C) groups is 1. The lowest BCUT2D eigenvalue weighted by molar-refractivity contribution is -0.150. The number of β-lactam (4-membered cyclic amide) rings is 1. The van der Waals surface area contributed by atoms with Crippen molar-refractivity contribution >= 4 is 40.4 Å². The Balaban J connectivity index is 1.69. The molecule has 1 N–H and O–H groups in total. The summed E-state index contributed by atoms with van der Waals surface area (Å²) in [5.74, 6) is -3.15. The largest absolute Gasteiger partial charge is 0.510 e. The summed E-state index contributed by atoms with van der Waals surface area (Å²) in [6, 6.07) is 7.41. The quantitative estimate of drug-likeness (QED) is 0.245. The van der Waals surface area contributed by atoms with Crippen LogP contribution in [0.25, 0.3) is 0 Å². The van der Waals surface area contributed by atoms with Crippen LogP contribution in [0.2, 0.25) is 0 Å². The molecule has 3 rings (SSSR count). The van der Waals surface area contributed by atoms with E-state index in [9.17, 15) is 24.3 Å². The van der Waals surface area contributed by atoms with Crippen molar-refractivity contribution in [2.45, 2.75) is 18.3 Å². The van der Waals surface area contributed by atoms with E-state index < -0.39 is 47.4 Å². The Morgan fingerprint density at radius 3 is 2.54 bits per heavy atom. The number of fused-ring (bicyclic) bond motifs is 1. The number of methoxy groups -OCH3 is 1. The van der Waals surface area contributed by atoms with Crippen LogP contribution in [0.15, 0.2) is 46.8 Å². The summed E-state index contributed by atoms with van der Waals surface area (Å²) in [6.45, 7) is 0.671. The van der Waals surface area contributed by atoms with E-state index in [0.717, 1.165) is 16.7 Å². The molecule has 1 saturated heterocycles. The molecule has 1 aromatic rings. The smallest absolute Gasteiger partial charge is 0.363 e. The van der Waals surface area contributed by atoms with E-state index in [0.29, 0.717) is 5.56 Å². The number of hydrogen-bond donors (Lipinski definition) is 1. The average Bonchev–Trinajstić information content (AvgIpc) is 3.09. The minimum Gasteiger partial charge on any atom is -0.510 e. The fourth-order valence-corrected chi connectivity index (χ4v) is 3.91. The molecule has 0 bridgehead atoms. The van der Waals surface area contributed by atoms with Gasteiger partial charge in [0.1, 0.15) is 11.1 Å². The Bertz CT molecular complexity index is 906. The number of Topliss-reactive ketones (excluding diaryl/α,β-unsaturated/α-hetero) is 1. The zero-order valence-corrected chi connectivity index (χ0v) is 15.8. The number of ether oxygens (including phenoxy) is 2. The molecule has 28 heavy (non-hydrogen) atoms. The molecule has 1 aromatic carbocycles. The number of aliphatic hydroxyl groups excluding tert-OH is 1. The molecule has 0 saturated carbocycles. The van der Waals surface area contributed by atoms with Crippen LogP contribution >= 0.6 is 11.8 Å². The van der Waals surface area contributed by atoms with Gasteiger partial charge in [-0.25, -0.2) is 9.59 Å². The standard InChI is InChI=1S/C18H16N2O7S/c1-9(21)13(17(24)27-8-11(22)10-6-4-3-5-7-10)20-15(23)12-16(20)28-14(19-12)18(25)26-2/h3-7,12,16,21H,8H2,1-2H3. The zero-order valence-electron chi connectivity index (χ0n) is 14.9. The lowest BCUT2D eigenvalue weighted by atomic mass is 10.1. The number of thioether (sulfide) groups is 1. The number of hydrogen-bond acceptors (Lipinski definition) is 9. The van der Waals surface area contributed by atoms with E-state index in [-0.39, 0.29) is 10.7 Å². The first-order valence-corrected chi connectivity index (χ1v) is 9.04. The van der Waals surface area contributed by atoms with Crippen molar-refractivity contribution in [1.29, 1.82) is 0 Å². The maximum Gasteiger partial charge on any atom is 0.363 e. The highest BCUT2D eigenvalue weighted by molar-refractivity contribution is 8.16. The van der Waals surface area contributed by atoms with Gasteiger partial charge >= 0.3 is 11.9 Å². The number of amides is 1. The third-order valence-electron chi connectivity index (χ3n) is 4.07. The summed E-state index contributed by atoms with van der Waals surface area (Å²) in [4.78, 5) is 53.5. The third kappa shape index (κ3) is 3.50. The summed E-state index contributed by atoms with van der Waals surface area (Å²) < 4.78 is 9.57. The number of esters is 2. The lowest BCUT2D eigenvalue weighted by Crippen LogP contribution is -2.61. The molecular formula is C18H16N2O7S. The number of aliphatic hydroxyl groups is 1. The number of benzene rings is 1. The van der Waals surface area contributed by atoms with Crippen LogP contribution in [0.4, 0.5) is 0 Å². The van der Waals surface area contributed by atoms with Gasteiger partial charge in [0.2, 0.25) is 0 Å². The van der Waals surface area contributed by atoms with E-state index in [1.165, 1.54) is 14.0 Å². The Labute approximate surface area is 164 Å². The van der Waals surface area contributed by atoms with Crippen LogP contribution in [0, 0.1) is 0 Å². The predicted octanol–water partition coefficient (Wildman–Crippen LogP) is 1.06. The van der Waals surface area contributed by atoms with E-state index in [1.54, 1.807) is 30.3 Å². The third-order valence-corrected chi connectivity index (χ3v) is 5.28. The van der Waals surface area contributed by atoms with E-state index in [4.69, 9.17) is 4.74 Å². The minimum atomic E-state index is -1.02. The number of nitrogens with zero attached hydrogens (tertiary/aromatic N) is 2. The molecule has 1 amide bonds. The van der Waals surface area contributed by atoms with Crippen molar-refractivity contribution in [1.82, 2.24) is 4.90 Å². The molecule has 2 aliphatic heterocycles. The topological polar surface area (TPSA) is 123 Å². The molecule has 9 nitrogen and oxygen atoms in total. The van der Waals surface area contributed by atoms with Crippen molar-refractivity contribution in [2.75, 3.05) is 13.7 Å². The molecule has 2 atom stereocenters. The minimum absolute atomic E-state index is 0.0101. The van der Waals surface area contributed by atoms with Gasteiger partial charge in [-0.2, -0.15) is 0 Å². The summed E-state index contributed by atoms with van der Waals surface area (Å²) in [7, 11) is 1.19. The second kappa shape index (κ2) is 7.85. The first kappa shape index (κ1) is 19.6. The highest BCUT2D eigenvalue weighted by Crippen LogP contribution is 2.42. The maximum absolute atomic E-state index is 12.4. The van der Waals surface area contributed by atoms with Crippen molar-refractivity contribution in [2.24, 2.45) is 4.99 Å². The number of carbonyl (C=O) groups excluding carboxylic acids is 4. The number of carbonyl (C=O) groups is 4. The summed E-state index contributed by atoms with van der Waals surface area (Å²) in [6.07, 6.45) is 0. The number of rotatable bonds is 6. The van der Waals surface area contributed by atoms with E-state index in [1.807, 2.05) is 0 Å². The van der Waals surface area contributed by atoms with Crippen LogP contribution in [0.3, 0.4) is 0 Å². The van der Waals surface area contributed by atoms with Crippen LogP contribution < -0.4 is 0 Å². The Morgan fingerprint density at radius 1 is 1.25 bits per heavy atom. The van der Waals surface area contributed by atoms with Crippen molar-refractivity contribution < 1.29 is 33.8 Å². The lowest BCUT2D eigenvalue weighted by Gasteiger charge is -2.41. The fraction of sp³-hybridized carbons (Fsp3) is 0.278. The van der Waals surface area contributed by atoms with Crippen LogP contribution in [0.5, 0.6) is 0 Å². The SMILES string of the molecule is COC(=O)C1=NC2C(=O)N(C(C(=O)OCC(=O)c3ccccc3)=C(C)O)C2S1. The molecule has 10 heteroatoms. The molecule has 0 radical (unpaired) electrons. The highest BCUT2D eigenvalue weighted by atomic mass is 32.2. The van der Waals surface area contributed by atoms with Gasteiger partial charge in [-0.05, 0) is 6.92 Å². The number of likely N-dealkylation sites (tertiary alicyclic amines) is 1. The Kier molecular flexibility index (Phi) is 5.50. The second-order valence-electron chi connectivity index (χ2n) is 5.89.